The van der Waals surface area contributed by atoms with Crippen molar-refractivity contribution in [2.75, 3.05) is 0 Å². The molecule has 0 N–H and O–H groups in total. The Morgan fingerprint density at radius 3 is 2.47 bits per heavy atom. The van der Waals surface area contributed by atoms with Gasteiger partial charge in [-0.05, 0) is 16.7 Å². The maximum atomic E-state index is 2.42. The van der Waals surface area contributed by atoms with Crippen molar-refractivity contribution in [1.82, 2.24) is 0 Å². The van der Waals surface area contributed by atoms with Crippen LogP contribution in [0.15, 0.2) is 30.3 Å². The van der Waals surface area contributed by atoms with Crippen molar-refractivity contribution in [2.45, 2.75) is 31.5 Å². The van der Waals surface area contributed by atoms with E-state index < -0.39 is 0 Å². The van der Waals surface area contributed by atoms with E-state index in [1.165, 1.54) is 17.7 Å². The molecule has 0 aromatic heterocycles. The Morgan fingerprint density at radius 2 is 1.80 bits per heavy atom. The van der Waals surface area contributed by atoms with E-state index in [-0.39, 0.29) is 38.4 Å². The number of allylic oxidation sites excluding steroid dienone is 1. The van der Waals surface area contributed by atoms with Crippen LogP contribution in [0, 0.1) is 0 Å². The Balaban J connectivity index is 0.00000112. The normalized spacial score (nSPS) is 17.7. The molecule has 0 amide bonds. The summed E-state index contributed by atoms with van der Waals surface area (Å²) < 4.78 is 0. The summed E-state index contributed by atoms with van der Waals surface area (Å²) in [6.07, 6.45) is 4.72. The van der Waals surface area contributed by atoms with Gasteiger partial charge in [-0.15, -0.1) is 0 Å². The maximum absolute atomic E-state index is 2.42. The molecule has 0 spiro atoms. The third-order valence-corrected chi connectivity index (χ3v) is 6.35. The van der Waals surface area contributed by atoms with Crippen LogP contribution in [0.4, 0.5) is 0 Å². The third-order valence-electron chi connectivity index (χ3n) is 3.15. The van der Waals surface area contributed by atoms with Crippen LogP contribution in [-0.4, -0.2) is 8.80 Å². The molecule has 2 heteroatoms. The summed E-state index contributed by atoms with van der Waals surface area (Å²) in [5, 5.41) is 0. The second-order valence-corrected chi connectivity index (χ2v) is 7.18. The molecule has 0 heterocycles. The Morgan fingerprint density at radius 1 is 1.13 bits per heavy atom. The van der Waals surface area contributed by atoms with E-state index in [1.54, 1.807) is 5.56 Å². The van der Waals surface area contributed by atoms with E-state index in [0.717, 1.165) is 5.54 Å². The molecule has 73 valence electrons. The van der Waals surface area contributed by atoms with E-state index in [1.807, 2.05) is 0 Å². The van der Waals surface area contributed by atoms with Crippen LogP contribution in [0.1, 0.15) is 30.5 Å². The van der Waals surface area contributed by atoms with E-state index >= 15 is 0 Å². The Hall–Kier alpha value is 0.177. The van der Waals surface area contributed by atoms with Gasteiger partial charge in [-0.1, -0.05) is 62.4 Å². The molecule has 0 saturated heterocycles. The smallest absolute Gasteiger partial charge is 0.0794 e. The molecule has 1 aromatic rings. The Kier molecular flexibility index (Phi) is 5.34. The van der Waals surface area contributed by atoms with Gasteiger partial charge in [-0.25, -0.2) is 0 Å². The number of hydrogen-bond donors (Lipinski definition) is 0. The number of rotatable bonds is 3. The summed E-state index contributed by atoms with van der Waals surface area (Å²) in [4.78, 5) is 0. The molecule has 0 nitrogen and oxygen atoms in total. The van der Waals surface area contributed by atoms with Crippen LogP contribution < -0.4 is 29.6 Å². The molecular weight excluding hydrogens is 207 g/mol. The van der Waals surface area contributed by atoms with Crippen molar-refractivity contribution >= 4 is 14.9 Å². The van der Waals surface area contributed by atoms with E-state index in [0.29, 0.717) is 0 Å². The largest absolute Gasteiger partial charge is 1.00 e. The van der Waals surface area contributed by atoms with E-state index in [2.05, 4.69) is 50.3 Å². The van der Waals surface area contributed by atoms with Gasteiger partial charge in [-0.3, -0.25) is 0 Å². The fourth-order valence-corrected chi connectivity index (χ4v) is 4.75. The minimum Gasteiger partial charge on any atom is -0.0794 e. The van der Waals surface area contributed by atoms with Crippen molar-refractivity contribution in [2.24, 2.45) is 0 Å². The van der Waals surface area contributed by atoms with Crippen molar-refractivity contribution in [3.8, 4) is 0 Å². The molecule has 1 radical (unpaired) electrons. The zero-order valence-electron chi connectivity index (χ0n) is 9.96. The number of fused-ring (bicyclic) bond motifs is 1. The van der Waals surface area contributed by atoms with Gasteiger partial charge < -0.3 is 0 Å². The van der Waals surface area contributed by atoms with Crippen LogP contribution >= 0.6 is 0 Å². The van der Waals surface area contributed by atoms with Gasteiger partial charge in [0.25, 0.3) is 0 Å². The summed E-state index contributed by atoms with van der Waals surface area (Å²) in [5.41, 5.74) is 3.79. The zero-order valence-corrected chi connectivity index (χ0v) is 13.0. The van der Waals surface area contributed by atoms with Gasteiger partial charge in [0.05, 0.1) is 8.80 Å². The SMILES string of the molecule is CC[Si](CC)C1C=Cc2ccccc21.[Na+]. The number of benzene rings is 1. The molecule has 1 unspecified atom stereocenters. The summed E-state index contributed by atoms with van der Waals surface area (Å²) in [7, 11) is -0.200. The molecule has 15 heavy (non-hydrogen) atoms. The maximum Gasteiger partial charge on any atom is 1.00 e. The van der Waals surface area contributed by atoms with Crippen LogP contribution in [0.25, 0.3) is 6.08 Å². The first-order valence-corrected chi connectivity index (χ1v) is 7.47. The average molecular weight is 224 g/mol. The molecule has 0 saturated carbocycles. The quantitative estimate of drug-likeness (QED) is 0.669. The van der Waals surface area contributed by atoms with Gasteiger partial charge >= 0.3 is 29.6 Å². The third kappa shape index (κ3) is 2.65. The van der Waals surface area contributed by atoms with Crippen LogP contribution in [0.3, 0.4) is 0 Å². The summed E-state index contributed by atoms with van der Waals surface area (Å²) in [6, 6.07) is 11.6. The van der Waals surface area contributed by atoms with E-state index in [4.69, 9.17) is 0 Å². The van der Waals surface area contributed by atoms with Crippen molar-refractivity contribution in [3.05, 3.63) is 41.5 Å². The first-order chi connectivity index (χ1) is 6.86. The molecule has 0 aliphatic heterocycles. The molecule has 2 rings (SSSR count). The summed E-state index contributed by atoms with van der Waals surface area (Å²) in [5.74, 6) is 0. The topological polar surface area (TPSA) is 0 Å². The van der Waals surface area contributed by atoms with Gasteiger partial charge in [0, 0.05) is 0 Å². The summed E-state index contributed by atoms with van der Waals surface area (Å²) >= 11 is 0. The molecule has 1 aromatic carbocycles. The fraction of sp³-hybridized carbons (Fsp3) is 0.385. The molecular formula is C13H17NaSi+. The minimum absolute atomic E-state index is 0. The second kappa shape index (κ2) is 6.05. The predicted molar refractivity (Wildman–Crippen MR) is 64.9 cm³/mol. The predicted octanol–water partition coefficient (Wildman–Crippen LogP) is 0.875. The van der Waals surface area contributed by atoms with Gasteiger partial charge in [0.1, 0.15) is 0 Å². The Labute approximate surface area is 117 Å². The molecule has 0 fully saturated rings. The zero-order chi connectivity index (χ0) is 9.97. The molecule has 1 aliphatic carbocycles. The Bertz CT molecular complexity index is 342. The second-order valence-electron chi connectivity index (χ2n) is 3.83. The van der Waals surface area contributed by atoms with Crippen molar-refractivity contribution < 1.29 is 29.6 Å². The van der Waals surface area contributed by atoms with Gasteiger partial charge in [0.15, 0.2) is 0 Å². The monoisotopic (exact) mass is 224 g/mol. The van der Waals surface area contributed by atoms with Crippen molar-refractivity contribution in [1.29, 1.82) is 0 Å². The van der Waals surface area contributed by atoms with Crippen LogP contribution in [0.5, 0.6) is 0 Å². The summed E-state index contributed by atoms with van der Waals surface area (Å²) in [6.45, 7) is 4.68. The van der Waals surface area contributed by atoms with Crippen LogP contribution in [-0.2, 0) is 0 Å². The van der Waals surface area contributed by atoms with Crippen LogP contribution in [0.2, 0.25) is 12.1 Å². The first kappa shape index (κ1) is 13.2. The standard InChI is InChI=1S/C13H17Si.Na/c1-3-14(4-2)13-10-9-11-7-5-6-8-12(11)13;/h5-10,13H,3-4H2,1-2H3;/q;+1. The molecule has 1 aliphatic rings. The van der Waals surface area contributed by atoms with E-state index in [9.17, 15) is 0 Å². The minimum atomic E-state index is -0.200. The molecule has 0 bridgehead atoms. The van der Waals surface area contributed by atoms with Gasteiger partial charge in [-0.2, -0.15) is 0 Å². The first-order valence-electron chi connectivity index (χ1n) is 5.48. The van der Waals surface area contributed by atoms with Gasteiger partial charge in [0.2, 0.25) is 0 Å². The number of hydrogen-bond acceptors (Lipinski definition) is 0. The average Bonchev–Trinajstić information content (AvgIpc) is 2.65. The van der Waals surface area contributed by atoms with Crippen molar-refractivity contribution in [3.63, 3.8) is 0 Å². The molecule has 1 atom stereocenters. The fourth-order valence-electron chi connectivity index (χ4n) is 2.30.